The maximum absolute atomic E-state index is 8.93. The maximum atomic E-state index is 8.93. The first-order chi connectivity index (χ1) is 9.86. The molecule has 3 heterocycles. The van der Waals surface area contributed by atoms with Crippen molar-refractivity contribution in [1.29, 1.82) is 5.26 Å². The predicted octanol–water partition coefficient (Wildman–Crippen LogP) is 2.84. The Morgan fingerprint density at radius 1 is 1.25 bits per heavy atom. The van der Waals surface area contributed by atoms with Crippen LogP contribution in [0.15, 0.2) is 47.5 Å². The minimum atomic E-state index is 0.263. The zero-order valence-electron chi connectivity index (χ0n) is 10.5. The van der Waals surface area contributed by atoms with Gasteiger partial charge in [0.1, 0.15) is 5.82 Å². The molecule has 1 atom stereocenters. The second kappa shape index (κ2) is 4.36. The lowest BCUT2D eigenvalue weighted by atomic mass is 10.0. The van der Waals surface area contributed by atoms with E-state index < -0.39 is 0 Å². The van der Waals surface area contributed by atoms with Crippen LogP contribution < -0.4 is 0 Å². The van der Waals surface area contributed by atoms with Crippen molar-refractivity contribution in [3.05, 3.63) is 59.5 Å². The number of thioether (sulfide) groups is 1. The summed E-state index contributed by atoms with van der Waals surface area (Å²) in [5.41, 5.74) is 2.65. The number of rotatable bonds is 1. The molecular weight excluding hydrogens is 268 g/mol. The zero-order valence-corrected chi connectivity index (χ0v) is 11.3. The molecule has 0 saturated carbocycles. The molecule has 1 unspecified atom stereocenters. The van der Waals surface area contributed by atoms with Crippen LogP contribution in [-0.2, 0) is 0 Å². The Morgan fingerprint density at radius 3 is 3.05 bits per heavy atom. The molecule has 0 fully saturated rings. The Kier molecular flexibility index (Phi) is 2.51. The van der Waals surface area contributed by atoms with Crippen molar-refractivity contribution in [2.75, 3.05) is 5.75 Å². The molecule has 0 saturated heterocycles. The van der Waals surface area contributed by atoms with Gasteiger partial charge < -0.3 is 0 Å². The van der Waals surface area contributed by atoms with E-state index in [1.807, 2.05) is 22.4 Å². The Bertz CT molecular complexity index is 846. The van der Waals surface area contributed by atoms with Gasteiger partial charge in [0.25, 0.3) is 0 Å². The van der Waals surface area contributed by atoms with Crippen molar-refractivity contribution < 1.29 is 0 Å². The molecule has 0 radical (unpaired) electrons. The first-order valence-corrected chi connectivity index (χ1v) is 7.32. The first-order valence-electron chi connectivity index (χ1n) is 6.33. The number of hydrogen-bond donors (Lipinski definition) is 0. The third-order valence-corrected chi connectivity index (χ3v) is 4.76. The summed E-state index contributed by atoms with van der Waals surface area (Å²) in [4.78, 5) is 1.32. The van der Waals surface area contributed by atoms with Crippen LogP contribution in [0.25, 0.3) is 5.65 Å². The highest BCUT2D eigenvalue weighted by Gasteiger charge is 2.28. The summed E-state index contributed by atoms with van der Waals surface area (Å²) >= 11 is 1.86. The summed E-state index contributed by atoms with van der Waals surface area (Å²) < 4.78 is 1.98. The Balaban J connectivity index is 1.86. The lowest BCUT2D eigenvalue weighted by Gasteiger charge is -2.08. The number of nitriles is 1. The van der Waals surface area contributed by atoms with Crippen LogP contribution in [0, 0.1) is 11.3 Å². The molecule has 20 heavy (non-hydrogen) atoms. The fourth-order valence-corrected chi connectivity index (χ4v) is 3.82. The van der Waals surface area contributed by atoms with Gasteiger partial charge in [0.2, 0.25) is 0 Å². The summed E-state index contributed by atoms with van der Waals surface area (Å²) in [6, 6.07) is 14.1. The molecule has 4 rings (SSSR count). The number of hydrogen-bond acceptors (Lipinski definition) is 4. The Hall–Kier alpha value is -2.32. The lowest BCUT2D eigenvalue weighted by Crippen LogP contribution is -2.05. The number of benzene rings is 1. The second-order valence-electron chi connectivity index (χ2n) is 4.72. The summed E-state index contributed by atoms with van der Waals surface area (Å²) in [6.45, 7) is 0. The van der Waals surface area contributed by atoms with Gasteiger partial charge in [-0.05, 0) is 17.7 Å². The van der Waals surface area contributed by atoms with Crippen LogP contribution in [0.1, 0.15) is 22.9 Å². The molecule has 4 nitrogen and oxygen atoms in total. The van der Waals surface area contributed by atoms with Crippen molar-refractivity contribution in [2.45, 2.75) is 10.8 Å². The monoisotopic (exact) mass is 278 g/mol. The number of pyridine rings is 1. The van der Waals surface area contributed by atoms with Crippen LogP contribution in [0.2, 0.25) is 0 Å². The molecule has 3 aromatic rings. The van der Waals surface area contributed by atoms with Crippen LogP contribution in [0.4, 0.5) is 0 Å². The van der Waals surface area contributed by atoms with E-state index in [2.05, 4.69) is 40.5 Å². The predicted molar refractivity (Wildman–Crippen MR) is 76.7 cm³/mol. The highest BCUT2D eigenvalue weighted by molar-refractivity contribution is 7.99. The van der Waals surface area contributed by atoms with Crippen molar-refractivity contribution in [2.24, 2.45) is 0 Å². The first kappa shape index (κ1) is 11.5. The van der Waals surface area contributed by atoms with Crippen molar-refractivity contribution in [3.8, 4) is 6.07 Å². The zero-order chi connectivity index (χ0) is 13.5. The van der Waals surface area contributed by atoms with E-state index in [-0.39, 0.29) is 5.92 Å². The number of aromatic nitrogens is 3. The average molecular weight is 278 g/mol. The van der Waals surface area contributed by atoms with Crippen LogP contribution >= 0.6 is 11.8 Å². The van der Waals surface area contributed by atoms with E-state index in [9.17, 15) is 0 Å². The van der Waals surface area contributed by atoms with Crippen LogP contribution in [-0.4, -0.2) is 20.4 Å². The average Bonchev–Trinajstić information content (AvgIpc) is 3.09. The quantitative estimate of drug-likeness (QED) is 0.687. The van der Waals surface area contributed by atoms with Gasteiger partial charge in [-0.1, -0.05) is 18.2 Å². The van der Waals surface area contributed by atoms with Crippen molar-refractivity contribution in [1.82, 2.24) is 14.6 Å². The standard InChI is InChI=1S/C15H10N4S/c16-8-10-5-6-19-14(7-10)17-18-15(19)12-9-20-13-4-2-1-3-11(12)13/h1-7,12H,9H2. The van der Waals surface area contributed by atoms with Gasteiger partial charge in [0.05, 0.1) is 17.6 Å². The molecule has 0 N–H and O–H groups in total. The molecule has 1 aliphatic heterocycles. The third kappa shape index (κ3) is 1.62. The van der Waals surface area contributed by atoms with E-state index in [1.165, 1.54) is 10.5 Å². The van der Waals surface area contributed by atoms with E-state index in [0.717, 1.165) is 17.2 Å². The van der Waals surface area contributed by atoms with Crippen LogP contribution in [0.5, 0.6) is 0 Å². The second-order valence-corrected chi connectivity index (χ2v) is 5.78. The highest BCUT2D eigenvalue weighted by Crippen LogP contribution is 2.42. The summed E-state index contributed by atoms with van der Waals surface area (Å²) in [6.07, 6.45) is 1.88. The smallest absolute Gasteiger partial charge is 0.162 e. The van der Waals surface area contributed by atoms with Gasteiger partial charge in [0, 0.05) is 22.9 Å². The van der Waals surface area contributed by atoms with Gasteiger partial charge in [-0.2, -0.15) is 5.26 Å². The van der Waals surface area contributed by atoms with E-state index in [4.69, 9.17) is 5.26 Å². The topological polar surface area (TPSA) is 54.0 Å². The minimum absolute atomic E-state index is 0.263. The van der Waals surface area contributed by atoms with Gasteiger partial charge in [0.15, 0.2) is 5.65 Å². The normalized spacial score (nSPS) is 17.1. The Labute approximate surface area is 120 Å². The molecule has 96 valence electrons. The lowest BCUT2D eigenvalue weighted by molar-refractivity contribution is 0.808. The van der Waals surface area contributed by atoms with E-state index in [1.54, 1.807) is 12.1 Å². The molecule has 0 bridgehead atoms. The third-order valence-electron chi connectivity index (χ3n) is 3.58. The molecule has 1 aliphatic rings. The SMILES string of the molecule is N#Cc1ccn2c(C3CSc4ccccc43)nnc2c1. The molecule has 2 aromatic heterocycles. The molecule has 0 amide bonds. The van der Waals surface area contributed by atoms with Gasteiger partial charge in [-0.15, -0.1) is 22.0 Å². The Morgan fingerprint density at radius 2 is 2.15 bits per heavy atom. The van der Waals surface area contributed by atoms with E-state index in [0.29, 0.717) is 5.56 Å². The van der Waals surface area contributed by atoms with Gasteiger partial charge in [-0.3, -0.25) is 4.40 Å². The minimum Gasteiger partial charge on any atom is -0.286 e. The van der Waals surface area contributed by atoms with Gasteiger partial charge in [-0.25, -0.2) is 0 Å². The summed E-state index contributed by atoms with van der Waals surface area (Å²) in [5, 5.41) is 17.5. The summed E-state index contributed by atoms with van der Waals surface area (Å²) in [5.74, 6) is 2.20. The molecular formula is C15H10N4S. The fraction of sp³-hybridized carbons (Fsp3) is 0.133. The largest absolute Gasteiger partial charge is 0.286 e. The van der Waals surface area contributed by atoms with Gasteiger partial charge >= 0.3 is 0 Å². The maximum Gasteiger partial charge on any atom is 0.162 e. The highest BCUT2D eigenvalue weighted by atomic mass is 32.2. The number of fused-ring (bicyclic) bond motifs is 2. The van der Waals surface area contributed by atoms with Crippen molar-refractivity contribution >= 4 is 17.4 Å². The molecule has 1 aromatic carbocycles. The number of nitrogens with zero attached hydrogens (tertiary/aromatic N) is 4. The van der Waals surface area contributed by atoms with Crippen molar-refractivity contribution in [3.63, 3.8) is 0 Å². The van der Waals surface area contributed by atoms with Crippen LogP contribution in [0.3, 0.4) is 0 Å². The van der Waals surface area contributed by atoms with E-state index >= 15 is 0 Å². The molecule has 0 aliphatic carbocycles. The molecule has 5 heteroatoms. The summed E-state index contributed by atoms with van der Waals surface area (Å²) in [7, 11) is 0. The molecule has 0 spiro atoms. The fourth-order valence-electron chi connectivity index (χ4n) is 2.59.